The van der Waals surface area contributed by atoms with Gasteiger partial charge in [-0.05, 0) is 24.6 Å². The van der Waals surface area contributed by atoms with Crippen molar-refractivity contribution in [1.82, 2.24) is 15.1 Å². The summed E-state index contributed by atoms with van der Waals surface area (Å²) in [4.78, 5) is 47.2. The Balaban J connectivity index is 1.90. The molecule has 0 fully saturated rings. The van der Waals surface area contributed by atoms with Gasteiger partial charge in [0.05, 0.1) is 0 Å². The van der Waals surface area contributed by atoms with Crippen LogP contribution in [0.2, 0.25) is 0 Å². The van der Waals surface area contributed by atoms with E-state index >= 15 is 0 Å². The lowest BCUT2D eigenvalue weighted by atomic mass is 10.2. The smallest absolute Gasteiger partial charge is 0.359 e. The van der Waals surface area contributed by atoms with Crippen LogP contribution < -0.4 is 10.9 Å². The maximum atomic E-state index is 12.0. The van der Waals surface area contributed by atoms with Crippen LogP contribution in [-0.4, -0.2) is 34.2 Å². The molecule has 0 unspecified atom stereocenters. The summed E-state index contributed by atoms with van der Waals surface area (Å²) in [6.45, 7) is 1.73. The number of ether oxygens (including phenoxy) is 1. The number of amides is 2. The molecule has 0 bridgehead atoms. The SMILES string of the molecule is CCCCn1nc(C(=O)OCC(=O)NC(=O)c2ccccc2)ccc1=O. The molecule has 0 aliphatic carbocycles. The van der Waals surface area contributed by atoms with Gasteiger partial charge in [-0.2, -0.15) is 5.10 Å². The molecular weight excluding hydrogens is 338 g/mol. The molecule has 0 aliphatic heterocycles. The van der Waals surface area contributed by atoms with Gasteiger partial charge >= 0.3 is 5.97 Å². The Labute approximate surface area is 149 Å². The summed E-state index contributed by atoms with van der Waals surface area (Å²) in [6, 6.07) is 10.6. The van der Waals surface area contributed by atoms with Gasteiger partial charge < -0.3 is 4.74 Å². The van der Waals surface area contributed by atoms with Gasteiger partial charge in [0.2, 0.25) is 0 Å². The third kappa shape index (κ3) is 5.37. The quantitative estimate of drug-likeness (QED) is 0.745. The van der Waals surface area contributed by atoms with Crippen molar-refractivity contribution in [1.29, 1.82) is 0 Å². The van der Waals surface area contributed by atoms with E-state index in [0.29, 0.717) is 12.1 Å². The normalized spacial score (nSPS) is 10.2. The predicted octanol–water partition coefficient (Wildman–Crippen LogP) is 1.16. The van der Waals surface area contributed by atoms with E-state index in [1.807, 2.05) is 6.92 Å². The van der Waals surface area contributed by atoms with Crippen LogP contribution in [0.4, 0.5) is 0 Å². The number of aromatic nitrogens is 2. The van der Waals surface area contributed by atoms with Crippen molar-refractivity contribution < 1.29 is 19.1 Å². The molecule has 0 saturated carbocycles. The molecule has 2 aromatic rings. The van der Waals surface area contributed by atoms with Crippen LogP contribution in [0.1, 0.15) is 40.6 Å². The highest BCUT2D eigenvalue weighted by Gasteiger charge is 2.15. The first-order valence-corrected chi connectivity index (χ1v) is 8.15. The molecule has 0 atom stereocenters. The van der Waals surface area contributed by atoms with E-state index in [1.54, 1.807) is 30.3 Å². The van der Waals surface area contributed by atoms with E-state index in [0.717, 1.165) is 12.8 Å². The number of nitrogens with zero attached hydrogens (tertiary/aromatic N) is 2. The summed E-state index contributed by atoms with van der Waals surface area (Å²) in [7, 11) is 0. The minimum Gasteiger partial charge on any atom is -0.451 e. The summed E-state index contributed by atoms with van der Waals surface area (Å²) in [6.07, 6.45) is 1.62. The van der Waals surface area contributed by atoms with Crippen molar-refractivity contribution in [2.45, 2.75) is 26.3 Å². The van der Waals surface area contributed by atoms with Crippen LogP contribution >= 0.6 is 0 Å². The van der Waals surface area contributed by atoms with Gasteiger partial charge in [0, 0.05) is 18.2 Å². The molecule has 1 N–H and O–H groups in total. The molecule has 26 heavy (non-hydrogen) atoms. The van der Waals surface area contributed by atoms with Gasteiger partial charge in [-0.25, -0.2) is 9.48 Å². The van der Waals surface area contributed by atoms with Gasteiger partial charge in [-0.15, -0.1) is 0 Å². The summed E-state index contributed by atoms with van der Waals surface area (Å²) in [5, 5.41) is 6.05. The summed E-state index contributed by atoms with van der Waals surface area (Å²) in [5.41, 5.74) is -0.0825. The van der Waals surface area contributed by atoms with E-state index < -0.39 is 24.4 Å². The zero-order chi connectivity index (χ0) is 18.9. The fourth-order valence-corrected chi connectivity index (χ4v) is 2.06. The molecule has 8 nitrogen and oxygen atoms in total. The number of hydrogen-bond acceptors (Lipinski definition) is 6. The molecule has 1 heterocycles. The number of rotatable bonds is 7. The van der Waals surface area contributed by atoms with Crippen molar-refractivity contribution in [3.05, 3.63) is 64.1 Å². The average molecular weight is 357 g/mol. The van der Waals surface area contributed by atoms with Crippen LogP contribution in [-0.2, 0) is 16.1 Å². The average Bonchev–Trinajstić information content (AvgIpc) is 2.66. The number of nitrogens with one attached hydrogen (secondary N) is 1. The molecule has 2 rings (SSSR count). The Morgan fingerprint density at radius 3 is 2.54 bits per heavy atom. The second kappa shape index (κ2) is 9.26. The highest BCUT2D eigenvalue weighted by Crippen LogP contribution is 1.99. The van der Waals surface area contributed by atoms with Crippen LogP contribution in [0.5, 0.6) is 0 Å². The number of hydrogen-bond donors (Lipinski definition) is 1. The Morgan fingerprint density at radius 1 is 1.12 bits per heavy atom. The van der Waals surface area contributed by atoms with Gasteiger partial charge in [0.15, 0.2) is 12.3 Å². The number of benzene rings is 1. The first kappa shape index (κ1) is 19.0. The molecule has 8 heteroatoms. The second-order valence-corrected chi connectivity index (χ2v) is 5.45. The summed E-state index contributed by atoms with van der Waals surface area (Å²) >= 11 is 0. The van der Waals surface area contributed by atoms with Crippen molar-refractivity contribution in [2.75, 3.05) is 6.61 Å². The van der Waals surface area contributed by atoms with Crippen molar-refractivity contribution in [3.63, 3.8) is 0 Å². The minimum absolute atomic E-state index is 0.0807. The lowest BCUT2D eigenvalue weighted by Gasteiger charge is -2.07. The van der Waals surface area contributed by atoms with E-state index in [9.17, 15) is 19.2 Å². The molecule has 1 aromatic heterocycles. The molecule has 2 amide bonds. The van der Waals surface area contributed by atoms with Gasteiger partial charge in [-0.1, -0.05) is 31.5 Å². The van der Waals surface area contributed by atoms with Crippen LogP contribution in [0.15, 0.2) is 47.3 Å². The van der Waals surface area contributed by atoms with E-state index in [1.165, 1.54) is 16.8 Å². The van der Waals surface area contributed by atoms with Crippen LogP contribution in [0.25, 0.3) is 0 Å². The Morgan fingerprint density at radius 2 is 1.85 bits per heavy atom. The number of carbonyl (C=O) groups is 3. The van der Waals surface area contributed by atoms with Crippen molar-refractivity contribution >= 4 is 17.8 Å². The van der Waals surface area contributed by atoms with Crippen LogP contribution in [0, 0.1) is 0 Å². The standard InChI is InChI=1S/C18H19N3O5/c1-2-3-11-21-16(23)10-9-14(20-21)18(25)26-12-15(22)19-17(24)13-7-5-4-6-8-13/h4-10H,2-3,11-12H2,1H3,(H,19,22,24). The molecule has 0 spiro atoms. The Hall–Kier alpha value is -3.29. The van der Waals surface area contributed by atoms with Gasteiger partial charge in [0.1, 0.15) is 0 Å². The maximum absolute atomic E-state index is 12.0. The first-order chi connectivity index (χ1) is 12.5. The predicted molar refractivity (Wildman–Crippen MR) is 92.6 cm³/mol. The first-order valence-electron chi connectivity index (χ1n) is 8.15. The molecule has 0 radical (unpaired) electrons. The number of imide groups is 1. The van der Waals surface area contributed by atoms with E-state index in [2.05, 4.69) is 10.4 Å². The molecule has 1 aromatic carbocycles. The molecule has 0 aliphatic rings. The van der Waals surface area contributed by atoms with Gasteiger partial charge in [0.25, 0.3) is 17.4 Å². The second-order valence-electron chi connectivity index (χ2n) is 5.45. The number of unbranched alkanes of at least 4 members (excludes halogenated alkanes) is 1. The van der Waals surface area contributed by atoms with Crippen molar-refractivity contribution in [2.24, 2.45) is 0 Å². The van der Waals surface area contributed by atoms with Crippen LogP contribution in [0.3, 0.4) is 0 Å². The third-order valence-corrected chi connectivity index (χ3v) is 3.42. The monoisotopic (exact) mass is 357 g/mol. The lowest BCUT2D eigenvalue weighted by Crippen LogP contribution is -2.34. The minimum atomic E-state index is -0.849. The number of carbonyl (C=O) groups excluding carboxylic acids is 3. The zero-order valence-electron chi connectivity index (χ0n) is 14.3. The van der Waals surface area contributed by atoms with Crippen molar-refractivity contribution in [3.8, 4) is 0 Å². The fraction of sp³-hybridized carbons (Fsp3) is 0.278. The summed E-state index contributed by atoms with van der Waals surface area (Å²) < 4.78 is 6.02. The van der Waals surface area contributed by atoms with E-state index in [4.69, 9.17) is 4.74 Å². The molecule has 0 saturated heterocycles. The highest BCUT2D eigenvalue weighted by molar-refractivity contribution is 6.05. The highest BCUT2D eigenvalue weighted by atomic mass is 16.5. The Bertz CT molecular complexity index is 845. The van der Waals surface area contributed by atoms with E-state index in [-0.39, 0.29) is 11.3 Å². The van der Waals surface area contributed by atoms with Gasteiger partial charge in [-0.3, -0.25) is 19.7 Å². The zero-order valence-corrected chi connectivity index (χ0v) is 14.3. The number of aryl methyl sites for hydroxylation is 1. The summed E-state index contributed by atoms with van der Waals surface area (Å²) in [5.74, 6) is -2.19. The number of esters is 1. The third-order valence-electron chi connectivity index (χ3n) is 3.42. The lowest BCUT2D eigenvalue weighted by molar-refractivity contribution is -0.123. The Kier molecular flexibility index (Phi) is 6.78. The molecular formula is C18H19N3O5. The fourth-order valence-electron chi connectivity index (χ4n) is 2.06. The largest absolute Gasteiger partial charge is 0.451 e. The topological polar surface area (TPSA) is 107 Å². The molecule has 136 valence electrons. The maximum Gasteiger partial charge on any atom is 0.359 e.